The lowest BCUT2D eigenvalue weighted by molar-refractivity contribution is 0.660. The lowest BCUT2D eigenvalue weighted by atomic mass is 9.81. The summed E-state index contributed by atoms with van der Waals surface area (Å²) in [5.74, 6) is 0. The minimum atomic E-state index is -0.120. The third kappa shape index (κ3) is 5.13. The van der Waals surface area contributed by atoms with Crippen molar-refractivity contribution in [3.05, 3.63) is 211 Å². The Bertz CT molecular complexity index is 3400. The molecular weight excluding hydrogens is 715 g/mol. The quantitative estimate of drug-likeness (QED) is 0.174. The first-order valence-corrected chi connectivity index (χ1v) is 20.5. The number of furan rings is 1. The Hall–Kier alpha value is -7.42. The largest absolute Gasteiger partial charge is 0.455 e. The first-order chi connectivity index (χ1) is 29.0. The number of rotatable bonds is 5. The van der Waals surface area contributed by atoms with Crippen molar-refractivity contribution in [1.29, 1.82) is 0 Å². The smallest absolute Gasteiger partial charge is 0.143 e. The third-order valence-corrected chi connectivity index (χ3v) is 12.8. The fourth-order valence-corrected chi connectivity index (χ4v) is 9.94. The van der Waals surface area contributed by atoms with E-state index in [1.54, 1.807) is 0 Å². The van der Waals surface area contributed by atoms with Gasteiger partial charge < -0.3 is 9.32 Å². The highest BCUT2D eigenvalue weighted by molar-refractivity contribution is 6.23. The normalized spacial score (nSPS) is 13.1. The maximum atomic E-state index is 6.95. The molecule has 11 aromatic rings. The van der Waals surface area contributed by atoms with Gasteiger partial charge in [-0.2, -0.15) is 0 Å². The monoisotopic (exact) mass is 753 g/mol. The highest BCUT2D eigenvalue weighted by atomic mass is 16.3. The highest BCUT2D eigenvalue weighted by Gasteiger charge is 2.37. The van der Waals surface area contributed by atoms with Gasteiger partial charge in [0.05, 0.1) is 11.1 Å². The van der Waals surface area contributed by atoms with Crippen molar-refractivity contribution < 1.29 is 4.42 Å². The van der Waals surface area contributed by atoms with Gasteiger partial charge in [0.15, 0.2) is 0 Å². The van der Waals surface area contributed by atoms with E-state index in [1.807, 2.05) is 0 Å². The Kier molecular flexibility index (Phi) is 7.31. The van der Waals surface area contributed by atoms with Gasteiger partial charge >= 0.3 is 0 Å². The summed E-state index contributed by atoms with van der Waals surface area (Å²) in [7, 11) is 0. The van der Waals surface area contributed by atoms with Crippen molar-refractivity contribution in [2.24, 2.45) is 0 Å². The van der Waals surface area contributed by atoms with Gasteiger partial charge in [0, 0.05) is 27.6 Å². The molecule has 0 N–H and O–H groups in total. The van der Waals surface area contributed by atoms with Crippen LogP contribution in [-0.2, 0) is 5.41 Å². The Labute approximate surface area is 343 Å². The van der Waals surface area contributed by atoms with Gasteiger partial charge in [-0.1, -0.05) is 166 Å². The second kappa shape index (κ2) is 12.8. The molecule has 1 aromatic heterocycles. The van der Waals surface area contributed by atoms with Crippen molar-refractivity contribution >= 4 is 71.3 Å². The van der Waals surface area contributed by atoms with Crippen molar-refractivity contribution in [3.63, 3.8) is 0 Å². The highest BCUT2D eigenvalue weighted by Crippen LogP contribution is 2.54. The number of hydrogen-bond acceptors (Lipinski definition) is 2. The SMILES string of the molecule is CC1(C)c2ccc(-c3cc4c(oc5cccc(N(c6ccc7ccccc7c6)c6ccc7ccccc7c6)c54)c4ccccc34)cc2-c2c(-c3ccccc3)cccc21. The predicted octanol–water partition coefficient (Wildman–Crippen LogP) is 16.2. The molecular formula is C57H39NO. The zero-order valence-electron chi connectivity index (χ0n) is 32.9. The molecule has 2 nitrogen and oxygen atoms in total. The summed E-state index contributed by atoms with van der Waals surface area (Å²) in [6.45, 7) is 4.73. The first-order valence-electron chi connectivity index (χ1n) is 20.5. The zero-order valence-corrected chi connectivity index (χ0v) is 32.9. The second-order valence-electron chi connectivity index (χ2n) is 16.5. The molecule has 10 aromatic carbocycles. The van der Waals surface area contributed by atoms with Crippen LogP contribution in [-0.4, -0.2) is 0 Å². The van der Waals surface area contributed by atoms with Crippen LogP contribution in [0.1, 0.15) is 25.0 Å². The topological polar surface area (TPSA) is 16.4 Å². The van der Waals surface area contributed by atoms with Crippen LogP contribution >= 0.6 is 0 Å². The van der Waals surface area contributed by atoms with Crippen LogP contribution in [0.5, 0.6) is 0 Å². The average molecular weight is 754 g/mol. The van der Waals surface area contributed by atoms with Gasteiger partial charge in [-0.15, -0.1) is 0 Å². The fourth-order valence-electron chi connectivity index (χ4n) is 9.94. The molecule has 12 rings (SSSR count). The van der Waals surface area contributed by atoms with Crippen LogP contribution in [0.15, 0.2) is 205 Å². The van der Waals surface area contributed by atoms with Gasteiger partial charge in [-0.25, -0.2) is 0 Å². The standard InChI is InChI=1S/C57H39NO/c1-57(2)50-31-28-41(34-48(50)54-44(22-12-23-51(54)57)38-16-4-3-5-17-38)47-35-49-55-52(24-13-25-53(55)59-56(49)46-21-11-10-20-45(46)47)58(42-29-26-36-14-6-8-18-39(36)32-42)43-30-27-37-15-7-9-19-40(37)33-43/h3-35H,1-2H3. The van der Waals surface area contributed by atoms with E-state index in [4.69, 9.17) is 4.42 Å². The molecule has 59 heavy (non-hydrogen) atoms. The van der Waals surface area contributed by atoms with E-state index in [0.717, 1.165) is 44.4 Å². The molecule has 1 aliphatic carbocycles. The van der Waals surface area contributed by atoms with Gasteiger partial charge in [0.2, 0.25) is 0 Å². The average Bonchev–Trinajstić information content (AvgIpc) is 3.78. The summed E-state index contributed by atoms with van der Waals surface area (Å²) in [6, 6.07) is 73.2. The number of hydrogen-bond donors (Lipinski definition) is 0. The van der Waals surface area contributed by atoms with Crippen LogP contribution in [0, 0.1) is 0 Å². The Balaban J connectivity index is 1.12. The summed E-state index contributed by atoms with van der Waals surface area (Å²) in [5.41, 5.74) is 15.2. The molecule has 1 heterocycles. The zero-order chi connectivity index (χ0) is 39.2. The summed E-state index contributed by atoms with van der Waals surface area (Å²) in [5, 5.41) is 9.31. The van der Waals surface area contributed by atoms with Gasteiger partial charge in [-0.05, 0) is 120 Å². The lowest BCUT2D eigenvalue weighted by Gasteiger charge is -2.27. The molecule has 0 amide bonds. The molecule has 0 spiro atoms. The molecule has 2 heteroatoms. The number of anilines is 3. The molecule has 0 atom stereocenters. The summed E-state index contributed by atoms with van der Waals surface area (Å²) < 4.78 is 6.95. The maximum Gasteiger partial charge on any atom is 0.143 e. The Morgan fingerprint density at radius 2 is 1.05 bits per heavy atom. The summed E-state index contributed by atoms with van der Waals surface area (Å²) in [4.78, 5) is 2.41. The van der Waals surface area contributed by atoms with Crippen LogP contribution in [0.4, 0.5) is 17.1 Å². The van der Waals surface area contributed by atoms with E-state index >= 15 is 0 Å². The number of nitrogens with zero attached hydrogens (tertiary/aromatic N) is 1. The molecule has 1 aliphatic rings. The molecule has 0 aliphatic heterocycles. The van der Waals surface area contributed by atoms with E-state index in [-0.39, 0.29) is 5.41 Å². The fraction of sp³-hybridized carbons (Fsp3) is 0.0526. The van der Waals surface area contributed by atoms with Crippen LogP contribution in [0.2, 0.25) is 0 Å². The Morgan fingerprint density at radius 3 is 1.78 bits per heavy atom. The third-order valence-electron chi connectivity index (χ3n) is 12.8. The van der Waals surface area contributed by atoms with Gasteiger partial charge in [0.1, 0.15) is 11.2 Å². The van der Waals surface area contributed by atoms with Gasteiger partial charge in [0.25, 0.3) is 0 Å². The van der Waals surface area contributed by atoms with Crippen molar-refractivity contribution in [1.82, 2.24) is 0 Å². The van der Waals surface area contributed by atoms with Crippen molar-refractivity contribution in [2.45, 2.75) is 19.3 Å². The number of benzene rings is 10. The van der Waals surface area contributed by atoms with E-state index in [9.17, 15) is 0 Å². The summed E-state index contributed by atoms with van der Waals surface area (Å²) >= 11 is 0. The molecule has 0 fully saturated rings. The minimum Gasteiger partial charge on any atom is -0.455 e. The summed E-state index contributed by atoms with van der Waals surface area (Å²) in [6.07, 6.45) is 0. The molecule has 0 saturated carbocycles. The van der Waals surface area contributed by atoms with Crippen LogP contribution in [0.25, 0.3) is 87.6 Å². The Morgan fingerprint density at radius 1 is 0.407 bits per heavy atom. The minimum absolute atomic E-state index is 0.120. The van der Waals surface area contributed by atoms with Gasteiger partial charge in [-0.3, -0.25) is 0 Å². The molecule has 0 radical (unpaired) electrons. The molecule has 0 unspecified atom stereocenters. The van der Waals surface area contributed by atoms with Crippen LogP contribution in [0.3, 0.4) is 0 Å². The lowest BCUT2D eigenvalue weighted by Crippen LogP contribution is -2.14. The van der Waals surface area contributed by atoms with E-state index in [0.29, 0.717) is 0 Å². The van der Waals surface area contributed by atoms with Crippen LogP contribution < -0.4 is 4.90 Å². The predicted molar refractivity (Wildman–Crippen MR) is 249 cm³/mol. The molecule has 278 valence electrons. The second-order valence-corrected chi connectivity index (χ2v) is 16.5. The van der Waals surface area contributed by atoms with Crippen molar-refractivity contribution in [2.75, 3.05) is 4.90 Å². The number of fused-ring (bicyclic) bond motifs is 10. The molecule has 0 saturated heterocycles. The first kappa shape index (κ1) is 33.7. The van der Waals surface area contributed by atoms with E-state index in [1.165, 1.54) is 71.4 Å². The maximum absolute atomic E-state index is 6.95. The molecule has 0 bridgehead atoms. The van der Waals surface area contributed by atoms with E-state index in [2.05, 4.69) is 219 Å². The van der Waals surface area contributed by atoms with Crippen molar-refractivity contribution in [3.8, 4) is 33.4 Å². The van der Waals surface area contributed by atoms with E-state index < -0.39 is 0 Å².